The van der Waals surface area contributed by atoms with Gasteiger partial charge in [0.1, 0.15) is 0 Å². The molecule has 0 aromatic rings. The van der Waals surface area contributed by atoms with Crippen molar-refractivity contribution in [3.63, 3.8) is 0 Å². The largest absolute Gasteiger partial charge is 0.314 e. The highest BCUT2D eigenvalue weighted by Crippen LogP contribution is 2.39. The van der Waals surface area contributed by atoms with Crippen LogP contribution in [0.5, 0.6) is 0 Å². The maximum atomic E-state index is 12.1. The molecule has 0 saturated heterocycles. The summed E-state index contributed by atoms with van der Waals surface area (Å²) < 4.78 is 28.3. The Kier molecular flexibility index (Phi) is 4.87. The molecular formula is C13H27N3O2S. The lowest BCUT2D eigenvalue weighted by Crippen LogP contribution is -2.45. The normalized spacial score (nSPS) is 22.5. The first-order valence-corrected chi connectivity index (χ1v) is 8.80. The monoisotopic (exact) mass is 289 g/mol. The van der Waals surface area contributed by atoms with Crippen LogP contribution in [0.1, 0.15) is 45.4 Å². The van der Waals surface area contributed by atoms with Gasteiger partial charge in [-0.2, -0.15) is 12.7 Å². The van der Waals surface area contributed by atoms with Crippen molar-refractivity contribution in [2.24, 2.45) is 5.41 Å². The third-order valence-corrected chi connectivity index (χ3v) is 5.82. The molecule has 2 aliphatic rings. The summed E-state index contributed by atoms with van der Waals surface area (Å²) in [4.78, 5) is 0. The number of hydrogen-bond donors (Lipinski definition) is 2. The molecule has 0 aromatic heterocycles. The maximum Gasteiger partial charge on any atom is 0.279 e. The van der Waals surface area contributed by atoms with E-state index in [9.17, 15) is 8.42 Å². The van der Waals surface area contributed by atoms with Crippen LogP contribution in [-0.4, -0.2) is 45.4 Å². The summed E-state index contributed by atoms with van der Waals surface area (Å²) in [6, 6.07) is 0.693. The van der Waals surface area contributed by atoms with E-state index in [1.807, 2.05) is 0 Å². The van der Waals surface area contributed by atoms with Gasteiger partial charge in [-0.1, -0.05) is 13.3 Å². The highest BCUT2D eigenvalue weighted by molar-refractivity contribution is 7.87. The third kappa shape index (κ3) is 4.70. The second-order valence-electron chi connectivity index (χ2n) is 6.39. The van der Waals surface area contributed by atoms with Gasteiger partial charge in [-0.15, -0.1) is 0 Å². The van der Waals surface area contributed by atoms with Gasteiger partial charge in [-0.25, -0.2) is 4.72 Å². The Morgan fingerprint density at radius 3 is 2.53 bits per heavy atom. The van der Waals surface area contributed by atoms with Gasteiger partial charge in [0.05, 0.1) is 0 Å². The summed E-state index contributed by atoms with van der Waals surface area (Å²) in [7, 11) is -1.64. The van der Waals surface area contributed by atoms with Crippen LogP contribution >= 0.6 is 0 Å². The van der Waals surface area contributed by atoms with Gasteiger partial charge in [0.2, 0.25) is 0 Å². The smallest absolute Gasteiger partial charge is 0.279 e. The van der Waals surface area contributed by atoms with Crippen LogP contribution in [0.3, 0.4) is 0 Å². The number of rotatable bonds is 9. The van der Waals surface area contributed by atoms with Crippen LogP contribution in [0.25, 0.3) is 0 Å². The average Bonchev–Trinajstić information content (AvgIpc) is 3.13. The van der Waals surface area contributed by atoms with E-state index >= 15 is 0 Å². The Bertz CT molecular complexity index is 389. The molecule has 0 bridgehead atoms. The first-order valence-electron chi connectivity index (χ1n) is 7.36. The number of nitrogens with zero attached hydrogens (tertiary/aromatic N) is 1. The summed E-state index contributed by atoms with van der Waals surface area (Å²) in [6.07, 6.45) is 6.89. The predicted octanol–water partition coefficient (Wildman–Crippen LogP) is 1.08. The van der Waals surface area contributed by atoms with E-state index in [0.29, 0.717) is 19.1 Å². The highest BCUT2D eigenvalue weighted by atomic mass is 32.2. The quantitative estimate of drug-likeness (QED) is 0.625. The average molecular weight is 289 g/mol. The van der Waals surface area contributed by atoms with Gasteiger partial charge in [-0.3, -0.25) is 0 Å². The molecule has 0 unspecified atom stereocenters. The van der Waals surface area contributed by atoms with E-state index < -0.39 is 10.2 Å². The lowest BCUT2D eigenvalue weighted by molar-refractivity contribution is 0.165. The molecule has 0 heterocycles. The molecule has 2 fully saturated rings. The SMILES string of the molecule is CN(CCCNC1CC1)S(=O)(=O)NCC1(C)CCC1. The molecule has 5 nitrogen and oxygen atoms in total. The summed E-state index contributed by atoms with van der Waals surface area (Å²) >= 11 is 0. The van der Waals surface area contributed by atoms with Crippen LogP contribution < -0.4 is 10.0 Å². The van der Waals surface area contributed by atoms with Crippen molar-refractivity contribution in [2.75, 3.05) is 26.7 Å². The topological polar surface area (TPSA) is 61.4 Å². The molecule has 112 valence electrons. The van der Waals surface area contributed by atoms with Gasteiger partial charge >= 0.3 is 0 Å². The molecule has 0 aromatic carbocycles. The molecule has 0 spiro atoms. The molecular weight excluding hydrogens is 262 g/mol. The Morgan fingerprint density at radius 1 is 1.32 bits per heavy atom. The van der Waals surface area contributed by atoms with E-state index in [1.54, 1.807) is 7.05 Å². The summed E-state index contributed by atoms with van der Waals surface area (Å²) in [5, 5.41) is 3.40. The zero-order chi connectivity index (χ0) is 13.9. The zero-order valence-electron chi connectivity index (χ0n) is 12.1. The molecule has 6 heteroatoms. The Labute approximate surface area is 117 Å². The standard InChI is InChI=1S/C13H27N3O2S/c1-13(7-3-8-13)11-15-19(17,18)16(2)10-4-9-14-12-5-6-12/h12,14-15H,3-11H2,1-2H3. The third-order valence-electron chi connectivity index (χ3n) is 4.31. The molecule has 2 aliphatic carbocycles. The van der Waals surface area contributed by atoms with E-state index in [-0.39, 0.29) is 5.41 Å². The predicted molar refractivity (Wildman–Crippen MR) is 77.2 cm³/mol. The second-order valence-corrected chi connectivity index (χ2v) is 8.26. The van der Waals surface area contributed by atoms with E-state index in [2.05, 4.69) is 17.0 Å². The van der Waals surface area contributed by atoms with Crippen LogP contribution in [0.15, 0.2) is 0 Å². The van der Waals surface area contributed by atoms with E-state index in [1.165, 1.54) is 23.6 Å². The van der Waals surface area contributed by atoms with Crippen molar-refractivity contribution in [3.8, 4) is 0 Å². The Morgan fingerprint density at radius 2 is 2.00 bits per heavy atom. The minimum absolute atomic E-state index is 0.182. The molecule has 19 heavy (non-hydrogen) atoms. The molecule has 0 atom stereocenters. The first kappa shape index (κ1) is 15.2. The fourth-order valence-electron chi connectivity index (χ4n) is 2.35. The van der Waals surface area contributed by atoms with Gasteiger partial charge in [0.25, 0.3) is 10.2 Å². The van der Waals surface area contributed by atoms with Gasteiger partial charge in [0.15, 0.2) is 0 Å². The van der Waals surface area contributed by atoms with Crippen LogP contribution in [0, 0.1) is 5.41 Å². The fourth-order valence-corrected chi connectivity index (χ4v) is 3.47. The van der Waals surface area contributed by atoms with Crippen molar-refractivity contribution in [3.05, 3.63) is 0 Å². The van der Waals surface area contributed by atoms with Crippen molar-refractivity contribution in [2.45, 2.75) is 51.5 Å². The molecule has 0 amide bonds. The molecule has 2 N–H and O–H groups in total. The van der Waals surface area contributed by atoms with Gasteiger partial charge in [0, 0.05) is 26.2 Å². The van der Waals surface area contributed by atoms with Crippen molar-refractivity contribution in [1.82, 2.24) is 14.3 Å². The van der Waals surface area contributed by atoms with Crippen molar-refractivity contribution >= 4 is 10.2 Å². The van der Waals surface area contributed by atoms with Gasteiger partial charge < -0.3 is 5.32 Å². The minimum atomic E-state index is -3.30. The van der Waals surface area contributed by atoms with Crippen molar-refractivity contribution < 1.29 is 8.42 Å². The fraction of sp³-hybridized carbons (Fsp3) is 1.00. The maximum absolute atomic E-state index is 12.1. The second kappa shape index (κ2) is 6.08. The lowest BCUT2D eigenvalue weighted by atomic mass is 9.71. The van der Waals surface area contributed by atoms with Crippen LogP contribution in [0.4, 0.5) is 0 Å². The van der Waals surface area contributed by atoms with Crippen LogP contribution in [0.2, 0.25) is 0 Å². The van der Waals surface area contributed by atoms with Crippen molar-refractivity contribution in [1.29, 1.82) is 0 Å². The van der Waals surface area contributed by atoms with Gasteiger partial charge in [-0.05, 0) is 44.1 Å². The number of nitrogens with one attached hydrogen (secondary N) is 2. The highest BCUT2D eigenvalue weighted by Gasteiger charge is 2.33. The van der Waals surface area contributed by atoms with E-state index in [4.69, 9.17) is 0 Å². The summed E-state index contributed by atoms with van der Waals surface area (Å²) in [5.41, 5.74) is 0.182. The minimum Gasteiger partial charge on any atom is -0.314 e. The van der Waals surface area contributed by atoms with Crippen LogP contribution in [-0.2, 0) is 10.2 Å². The lowest BCUT2D eigenvalue weighted by Gasteiger charge is -2.38. The summed E-state index contributed by atoms with van der Waals surface area (Å²) in [5.74, 6) is 0. The Balaban J connectivity index is 1.64. The van der Waals surface area contributed by atoms with E-state index in [0.717, 1.165) is 25.8 Å². The molecule has 2 saturated carbocycles. The molecule has 2 rings (SSSR count). The number of hydrogen-bond acceptors (Lipinski definition) is 3. The molecule has 0 radical (unpaired) electrons. The Hall–Kier alpha value is -0.170. The first-order chi connectivity index (χ1) is 8.91. The molecule has 0 aliphatic heterocycles. The zero-order valence-corrected chi connectivity index (χ0v) is 12.9. The summed E-state index contributed by atoms with van der Waals surface area (Å²) in [6.45, 7) is 4.20.